The summed E-state index contributed by atoms with van der Waals surface area (Å²) in [4.78, 5) is 8.01. The van der Waals surface area contributed by atoms with E-state index < -0.39 is 0 Å². The number of aryl methyl sites for hydroxylation is 1. The Hall–Kier alpha value is -2.81. The Balaban J connectivity index is 2.33. The number of imidazole rings is 1. The van der Waals surface area contributed by atoms with Crippen LogP contribution in [0.1, 0.15) is 11.3 Å². The number of phenols is 2. The minimum absolute atomic E-state index is 0.189. The lowest BCUT2D eigenvalue weighted by Gasteiger charge is -1.99. The SMILES string of the molecule is Cn1cnc(C#N)c1/N=C/c1ccc(O)c(O)c1. The smallest absolute Gasteiger partial charge is 0.185 e. The summed E-state index contributed by atoms with van der Waals surface area (Å²) in [6.45, 7) is 0. The first kappa shape index (κ1) is 11.7. The maximum absolute atomic E-state index is 9.33. The van der Waals surface area contributed by atoms with E-state index in [1.54, 1.807) is 17.7 Å². The van der Waals surface area contributed by atoms with E-state index in [0.717, 1.165) is 0 Å². The number of aromatic hydroxyl groups is 2. The summed E-state index contributed by atoms with van der Waals surface area (Å²) in [5.74, 6) is 0.0277. The molecule has 0 unspecified atom stereocenters. The fourth-order valence-electron chi connectivity index (χ4n) is 1.41. The van der Waals surface area contributed by atoms with Gasteiger partial charge in [0.15, 0.2) is 23.0 Å². The molecule has 0 aliphatic heterocycles. The van der Waals surface area contributed by atoms with E-state index in [2.05, 4.69) is 9.98 Å². The molecule has 2 aromatic rings. The summed E-state index contributed by atoms with van der Waals surface area (Å²) in [6, 6.07) is 6.28. The Bertz CT molecular complexity index is 653. The molecule has 0 amide bonds. The number of aromatic nitrogens is 2. The molecule has 6 heteroatoms. The second-order valence-corrected chi connectivity index (χ2v) is 3.65. The third kappa shape index (κ3) is 2.15. The Morgan fingerprint density at radius 2 is 2.17 bits per heavy atom. The van der Waals surface area contributed by atoms with Crippen LogP contribution in [-0.2, 0) is 7.05 Å². The highest BCUT2D eigenvalue weighted by atomic mass is 16.3. The van der Waals surface area contributed by atoms with Crippen LogP contribution in [0.5, 0.6) is 11.5 Å². The van der Waals surface area contributed by atoms with Crippen LogP contribution < -0.4 is 0 Å². The van der Waals surface area contributed by atoms with Crippen molar-refractivity contribution >= 4 is 12.0 Å². The van der Waals surface area contributed by atoms with Gasteiger partial charge in [-0.1, -0.05) is 0 Å². The highest BCUT2D eigenvalue weighted by Crippen LogP contribution is 2.24. The molecule has 0 saturated heterocycles. The number of phenolic OH excluding ortho intramolecular Hbond substituents is 2. The first-order valence-corrected chi connectivity index (χ1v) is 5.09. The molecular weight excluding hydrogens is 232 g/mol. The van der Waals surface area contributed by atoms with E-state index in [4.69, 9.17) is 5.26 Å². The Morgan fingerprint density at radius 1 is 1.39 bits per heavy atom. The zero-order valence-corrected chi connectivity index (χ0v) is 9.57. The predicted molar refractivity (Wildman–Crippen MR) is 64.9 cm³/mol. The molecule has 1 aromatic carbocycles. The molecule has 0 fully saturated rings. The van der Waals surface area contributed by atoms with E-state index in [1.807, 2.05) is 6.07 Å². The summed E-state index contributed by atoms with van der Waals surface area (Å²) in [7, 11) is 1.73. The van der Waals surface area contributed by atoms with E-state index in [1.165, 1.54) is 24.7 Å². The number of rotatable bonds is 2. The number of hydrogen-bond acceptors (Lipinski definition) is 5. The minimum Gasteiger partial charge on any atom is -0.504 e. The van der Waals surface area contributed by atoms with Crippen LogP contribution in [0.2, 0.25) is 0 Å². The third-order valence-electron chi connectivity index (χ3n) is 2.35. The molecule has 1 aromatic heterocycles. The summed E-state index contributed by atoms with van der Waals surface area (Å²) in [6.07, 6.45) is 2.98. The maximum Gasteiger partial charge on any atom is 0.185 e. The molecule has 0 radical (unpaired) electrons. The van der Waals surface area contributed by atoms with Crippen molar-refractivity contribution in [2.24, 2.45) is 12.0 Å². The summed E-state index contributed by atoms with van der Waals surface area (Å²) in [5.41, 5.74) is 0.840. The van der Waals surface area contributed by atoms with E-state index >= 15 is 0 Å². The average Bonchev–Trinajstić information content (AvgIpc) is 2.71. The van der Waals surface area contributed by atoms with Crippen LogP contribution in [0.3, 0.4) is 0 Å². The van der Waals surface area contributed by atoms with Gasteiger partial charge in [0.25, 0.3) is 0 Å². The minimum atomic E-state index is -0.218. The highest BCUT2D eigenvalue weighted by Gasteiger charge is 2.06. The number of hydrogen-bond donors (Lipinski definition) is 2. The van der Waals surface area contributed by atoms with Gasteiger partial charge in [-0.05, 0) is 23.8 Å². The van der Waals surface area contributed by atoms with Gasteiger partial charge in [0.2, 0.25) is 0 Å². The molecule has 90 valence electrons. The highest BCUT2D eigenvalue weighted by molar-refractivity contribution is 5.83. The maximum atomic E-state index is 9.33. The lowest BCUT2D eigenvalue weighted by Crippen LogP contribution is -1.86. The van der Waals surface area contributed by atoms with Crippen LogP contribution in [0.15, 0.2) is 29.5 Å². The fraction of sp³-hybridized carbons (Fsp3) is 0.0833. The predicted octanol–water partition coefficient (Wildman–Crippen LogP) is 1.45. The molecular formula is C12H10N4O2. The van der Waals surface area contributed by atoms with Crippen molar-refractivity contribution in [1.82, 2.24) is 9.55 Å². The number of aliphatic imine (C=N–C) groups is 1. The topological polar surface area (TPSA) is 94.4 Å². The standard InChI is InChI=1S/C12H10N4O2/c1-16-7-15-9(5-13)12(16)14-6-8-2-3-10(17)11(18)4-8/h2-4,6-7,17-18H,1H3/b14-6+. The Morgan fingerprint density at radius 3 is 2.83 bits per heavy atom. The van der Waals surface area contributed by atoms with Crippen molar-refractivity contribution < 1.29 is 10.2 Å². The number of nitrogens with zero attached hydrogens (tertiary/aromatic N) is 4. The molecule has 2 rings (SSSR count). The van der Waals surface area contributed by atoms with Crippen molar-refractivity contribution in [1.29, 1.82) is 5.26 Å². The third-order valence-corrected chi connectivity index (χ3v) is 2.35. The molecule has 6 nitrogen and oxygen atoms in total. The summed E-state index contributed by atoms with van der Waals surface area (Å²) >= 11 is 0. The molecule has 0 bridgehead atoms. The largest absolute Gasteiger partial charge is 0.504 e. The van der Waals surface area contributed by atoms with Crippen molar-refractivity contribution in [3.05, 3.63) is 35.8 Å². The molecule has 0 aliphatic rings. The van der Waals surface area contributed by atoms with E-state index in [-0.39, 0.29) is 17.2 Å². The number of nitriles is 1. The first-order chi connectivity index (χ1) is 8.61. The van der Waals surface area contributed by atoms with Crippen molar-refractivity contribution in [2.75, 3.05) is 0 Å². The summed E-state index contributed by atoms with van der Waals surface area (Å²) < 4.78 is 1.62. The second-order valence-electron chi connectivity index (χ2n) is 3.65. The Labute approximate surface area is 103 Å². The first-order valence-electron chi connectivity index (χ1n) is 5.09. The van der Waals surface area contributed by atoms with Gasteiger partial charge in [-0.2, -0.15) is 5.26 Å². The lowest BCUT2D eigenvalue weighted by molar-refractivity contribution is 0.403. The van der Waals surface area contributed by atoms with Gasteiger partial charge in [0, 0.05) is 13.3 Å². The van der Waals surface area contributed by atoms with Crippen molar-refractivity contribution in [3.63, 3.8) is 0 Å². The van der Waals surface area contributed by atoms with Gasteiger partial charge < -0.3 is 14.8 Å². The van der Waals surface area contributed by atoms with Gasteiger partial charge in [-0.15, -0.1) is 0 Å². The normalized spacial score (nSPS) is 10.7. The monoisotopic (exact) mass is 242 g/mol. The zero-order valence-electron chi connectivity index (χ0n) is 9.57. The van der Waals surface area contributed by atoms with Crippen LogP contribution in [0, 0.1) is 11.3 Å². The molecule has 0 spiro atoms. The molecule has 0 saturated carbocycles. The molecule has 2 N–H and O–H groups in total. The van der Waals surface area contributed by atoms with Gasteiger partial charge in [-0.25, -0.2) is 9.98 Å². The molecule has 1 heterocycles. The van der Waals surface area contributed by atoms with E-state index in [0.29, 0.717) is 11.4 Å². The van der Waals surface area contributed by atoms with Gasteiger partial charge >= 0.3 is 0 Å². The van der Waals surface area contributed by atoms with Gasteiger partial charge in [0.05, 0.1) is 6.33 Å². The summed E-state index contributed by atoms with van der Waals surface area (Å²) in [5, 5.41) is 27.3. The second kappa shape index (κ2) is 4.59. The molecule has 0 aliphatic carbocycles. The van der Waals surface area contributed by atoms with E-state index in [9.17, 15) is 10.2 Å². The van der Waals surface area contributed by atoms with Gasteiger partial charge in [0.1, 0.15) is 6.07 Å². The molecule has 0 atom stereocenters. The fourth-order valence-corrected chi connectivity index (χ4v) is 1.41. The average molecular weight is 242 g/mol. The van der Waals surface area contributed by atoms with Crippen LogP contribution in [-0.4, -0.2) is 26.0 Å². The quantitative estimate of drug-likeness (QED) is 0.615. The van der Waals surface area contributed by atoms with Gasteiger partial charge in [-0.3, -0.25) is 0 Å². The van der Waals surface area contributed by atoms with Crippen molar-refractivity contribution in [2.45, 2.75) is 0 Å². The Kier molecular flexibility index (Phi) is 2.98. The zero-order chi connectivity index (χ0) is 13.1. The molecule has 18 heavy (non-hydrogen) atoms. The lowest BCUT2D eigenvalue weighted by atomic mass is 10.2. The number of benzene rings is 1. The van der Waals surface area contributed by atoms with Crippen LogP contribution >= 0.6 is 0 Å². The van der Waals surface area contributed by atoms with Crippen molar-refractivity contribution in [3.8, 4) is 17.6 Å². The van der Waals surface area contributed by atoms with Crippen LogP contribution in [0.25, 0.3) is 0 Å². The van der Waals surface area contributed by atoms with Crippen LogP contribution in [0.4, 0.5) is 5.82 Å².